The summed E-state index contributed by atoms with van der Waals surface area (Å²) in [7, 11) is -3.79. The molecule has 0 aliphatic rings. The molecular formula is C13H12BrNO4S2. The van der Waals surface area contributed by atoms with Crippen LogP contribution in [0.3, 0.4) is 0 Å². The van der Waals surface area contributed by atoms with Gasteiger partial charge in [-0.05, 0) is 53.2 Å². The lowest BCUT2D eigenvalue weighted by molar-refractivity contribution is 0.0696. The fourth-order valence-corrected chi connectivity index (χ4v) is 4.58. The van der Waals surface area contributed by atoms with Crippen molar-refractivity contribution in [3.8, 4) is 0 Å². The van der Waals surface area contributed by atoms with Crippen molar-refractivity contribution in [3.05, 3.63) is 50.1 Å². The van der Waals surface area contributed by atoms with E-state index in [1.165, 1.54) is 23.5 Å². The van der Waals surface area contributed by atoms with Crippen LogP contribution in [0.25, 0.3) is 0 Å². The van der Waals surface area contributed by atoms with E-state index in [9.17, 15) is 13.2 Å². The summed E-state index contributed by atoms with van der Waals surface area (Å²) in [5, 5.41) is 8.95. The minimum atomic E-state index is -3.79. The normalized spacial score (nSPS) is 11.5. The lowest BCUT2D eigenvalue weighted by atomic mass is 10.2. The highest BCUT2D eigenvalue weighted by atomic mass is 79.9. The van der Waals surface area contributed by atoms with Crippen LogP contribution in [-0.2, 0) is 16.6 Å². The number of carboxylic acid groups (broad SMARTS) is 1. The van der Waals surface area contributed by atoms with Crippen molar-refractivity contribution >= 4 is 43.3 Å². The Labute approximate surface area is 134 Å². The molecule has 21 heavy (non-hydrogen) atoms. The van der Waals surface area contributed by atoms with Gasteiger partial charge in [0.2, 0.25) is 10.0 Å². The van der Waals surface area contributed by atoms with Gasteiger partial charge in [0.15, 0.2) is 0 Å². The van der Waals surface area contributed by atoms with Gasteiger partial charge in [0, 0.05) is 20.8 Å². The van der Waals surface area contributed by atoms with Crippen molar-refractivity contribution in [2.75, 3.05) is 0 Å². The Morgan fingerprint density at radius 2 is 2.05 bits per heavy atom. The number of aryl methyl sites for hydroxylation is 1. The van der Waals surface area contributed by atoms with Crippen molar-refractivity contribution in [2.24, 2.45) is 0 Å². The number of halogens is 1. The number of hydrogen-bond acceptors (Lipinski definition) is 4. The van der Waals surface area contributed by atoms with Gasteiger partial charge in [-0.3, -0.25) is 0 Å². The topological polar surface area (TPSA) is 83.5 Å². The van der Waals surface area contributed by atoms with Crippen molar-refractivity contribution in [1.82, 2.24) is 4.72 Å². The van der Waals surface area contributed by atoms with Crippen LogP contribution in [-0.4, -0.2) is 19.5 Å². The number of rotatable bonds is 5. The summed E-state index contributed by atoms with van der Waals surface area (Å²) in [6, 6.07) is 7.65. The van der Waals surface area contributed by atoms with Crippen LogP contribution >= 0.6 is 27.3 Å². The number of benzene rings is 1. The number of hydrogen-bond donors (Lipinski definition) is 2. The average Bonchev–Trinajstić information content (AvgIpc) is 2.82. The molecule has 0 spiro atoms. The molecule has 0 radical (unpaired) electrons. The third-order valence-electron chi connectivity index (χ3n) is 2.70. The zero-order valence-corrected chi connectivity index (χ0v) is 14.2. The highest BCUT2D eigenvalue weighted by Crippen LogP contribution is 2.24. The van der Waals surface area contributed by atoms with Gasteiger partial charge in [-0.1, -0.05) is 0 Å². The number of sulfonamides is 1. The maximum atomic E-state index is 12.3. The molecule has 2 aromatic rings. The SMILES string of the molecule is Cc1ccc(CNS(=O)(=O)c2cc(C(=O)O)ccc2Br)s1. The Hall–Kier alpha value is -1.22. The molecule has 1 aromatic heterocycles. The van der Waals surface area contributed by atoms with E-state index in [4.69, 9.17) is 5.11 Å². The van der Waals surface area contributed by atoms with E-state index < -0.39 is 16.0 Å². The summed E-state index contributed by atoms with van der Waals surface area (Å²) in [6.07, 6.45) is 0. The minimum absolute atomic E-state index is 0.0782. The Morgan fingerprint density at radius 3 is 2.62 bits per heavy atom. The third-order valence-corrected chi connectivity index (χ3v) is 6.10. The predicted octanol–water partition coefficient (Wildman–Crippen LogP) is 3.00. The van der Waals surface area contributed by atoms with Gasteiger partial charge >= 0.3 is 5.97 Å². The largest absolute Gasteiger partial charge is 0.478 e. The van der Waals surface area contributed by atoms with Crippen LogP contribution < -0.4 is 4.72 Å². The Morgan fingerprint density at radius 1 is 1.33 bits per heavy atom. The molecule has 8 heteroatoms. The van der Waals surface area contributed by atoms with Crippen molar-refractivity contribution in [3.63, 3.8) is 0 Å². The summed E-state index contributed by atoms with van der Waals surface area (Å²) < 4.78 is 27.4. The molecule has 2 rings (SSSR count). The van der Waals surface area contributed by atoms with Crippen molar-refractivity contribution in [2.45, 2.75) is 18.4 Å². The summed E-state index contributed by atoms with van der Waals surface area (Å²) in [5.41, 5.74) is -0.0782. The molecule has 0 bridgehead atoms. The van der Waals surface area contributed by atoms with E-state index in [0.717, 1.165) is 15.8 Å². The third kappa shape index (κ3) is 3.91. The van der Waals surface area contributed by atoms with Crippen molar-refractivity contribution < 1.29 is 18.3 Å². The molecule has 112 valence electrons. The van der Waals surface area contributed by atoms with Gasteiger partial charge in [0.25, 0.3) is 0 Å². The lowest BCUT2D eigenvalue weighted by Gasteiger charge is -2.08. The summed E-state index contributed by atoms with van der Waals surface area (Å²) >= 11 is 4.64. The molecule has 0 saturated carbocycles. The van der Waals surface area contributed by atoms with Crippen LogP contribution in [0.2, 0.25) is 0 Å². The fourth-order valence-electron chi connectivity index (χ4n) is 1.67. The highest BCUT2D eigenvalue weighted by Gasteiger charge is 2.19. The molecule has 1 aromatic carbocycles. The molecule has 0 fully saturated rings. The van der Waals surface area contributed by atoms with E-state index >= 15 is 0 Å². The van der Waals surface area contributed by atoms with E-state index in [1.807, 2.05) is 19.1 Å². The first-order chi connectivity index (χ1) is 9.79. The molecule has 0 aliphatic carbocycles. The first-order valence-corrected chi connectivity index (χ1v) is 8.97. The van der Waals surface area contributed by atoms with Crippen molar-refractivity contribution in [1.29, 1.82) is 0 Å². The maximum absolute atomic E-state index is 12.3. The van der Waals surface area contributed by atoms with Gasteiger partial charge in [0.05, 0.1) is 10.5 Å². The van der Waals surface area contributed by atoms with Crippen LogP contribution in [0.5, 0.6) is 0 Å². The Kier molecular flexibility index (Phi) is 4.82. The monoisotopic (exact) mass is 389 g/mol. The van der Waals surface area contributed by atoms with Gasteiger partial charge in [-0.15, -0.1) is 11.3 Å². The fraction of sp³-hybridized carbons (Fsp3) is 0.154. The Balaban J connectivity index is 2.26. The van der Waals surface area contributed by atoms with E-state index in [1.54, 1.807) is 0 Å². The van der Waals surface area contributed by atoms with Crippen LogP contribution in [0.15, 0.2) is 39.7 Å². The molecule has 5 nitrogen and oxygen atoms in total. The molecule has 0 saturated heterocycles. The van der Waals surface area contributed by atoms with Gasteiger partial charge in [-0.25, -0.2) is 17.9 Å². The molecule has 1 heterocycles. The summed E-state index contributed by atoms with van der Waals surface area (Å²) in [4.78, 5) is 12.8. The molecule has 0 atom stereocenters. The standard InChI is InChI=1S/C13H12BrNO4S2/c1-8-2-4-10(20-8)7-15-21(18,19)12-6-9(13(16)17)3-5-11(12)14/h2-6,15H,7H2,1H3,(H,16,17). The quantitative estimate of drug-likeness (QED) is 0.822. The number of carboxylic acids is 1. The zero-order chi connectivity index (χ0) is 15.6. The van der Waals surface area contributed by atoms with Crippen LogP contribution in [0, 0.1) is 6.92 Å². The van der Waals surface area contributed by atoms with E-state index in [-0.39, 0.29) is 17.0 Å². The summed E-state index contributed by atoms with van der Waals surface area (Å²) in [6.45, 7) is 2.11. The maximum Gasteiger partial charge on any atom is 0.335 e. The average molecular weight is 390 g/mol. The molecule has 2 N–H and O–H groups in total. The predicted molar refractivity (Wildman–Crippen MR) is 84.2 cm³/mol. The second-order valence-electron chi connectivity index (χ2n) is 4.29. The van der Waals surface area contributed by atoms with Crippen LogP contribution in [0.1, 0.15) is 20.1 Å². The molecule has 0 aliphatic heterocycles. The van der Waals surface area contributed by atoms with Gasteiger partial charge in [0.1, 0.15) is 0 Å². The minimum Gasteiger partial charge on any atom is -0.478 e. The Bertz CT molecular complexity index is 783. The number of thiophene rings is 1. The second-order valence-corrected chi connectivity index (χ2v) is 8.25. The lowest BCUT2D eigenvalue weighted by Crippen LogP contribution is -2.23. The van der Waals surface area contributed by atoms with E-state index in [0.29, 0.717) is 4.47 Å². The first kappa shape index (κ1) is 16.2. The molecular weight excluding hydrogens is 378 g/mol. The smallest absolute Gasteiger partial charge is 0.335 e. The molecule has 0 amide bonds. The zero-order valence-electron chi connectivity index (χ0n) is 11.0. The first-order valence-electron chi connectivity index (χ1n) is 5.87. The van der Waals surface area contributed by atoms with Gasteiger partial charge < -0.3 is 5.11 Å². The van der Waals surface area contributed by atoms with E-state index in [2.05, 4.69) is 20.7 Å². The number of carbonyl (C=O) groups is 1. The number of nitrogens with one attached hydrogen (secondary N) is 1. The second kappa shape index (κ2) is 6.27. The molecule has 0 unspecified atom stereocenters. The summed E-state index contributed by atoms with van der Waals surface area (Å²) in [5.74, 6) is -1.17. The van der Waals surface area contributed by atoms with Gasteiger partial charge in [-0.2, -0.15) is 0 Å². The van der Waals surface area contributed by atoms with Crippen LogP contribution in [0.4, 0.5) is 0 Å². The highest BCUT2D eigenvalue weighted by molar-refractivity contribution is 9.10. The number of aromatic carboxylic acids is 1.